The van der Waals surface area contributed by atoms with Crippen molar-refractivity contribution in [3.8, 4) is 0 Å². The normalized spacial score (nSPS) is 17.5. The zero-order valence-electron chi connectivity index (χ0n) is 16.5. The van der Waals surface area contributed by atoms with Gasteiger partial charge in [0.2, 0.25) is 15.9 Å². The zero-order valence-corrected chi connectivity index (χ0v) is 18.1. The number of carbonyl (C=O) groups excluding carboxylic acids is 1. The molecule has 152 valence electrons. The fourth-order valence-electron chi connectivity index (χ4n) is 3.50. The Balaban J connectivity index is 2.03. The van der Waals surface area contributed by atoms with E-state index in [2.05, 4.69) is 17.3 Å². The summed E-state index contributed by atoms with van der Waals surface area (Å²) in [5.41, 5.74) is 1.18. The number of hydrogen-bond donors (Lipinski definition) is 1. The van der Waals surface area contributed by atoms with Crippen LogP contribution in [0, 0.1) is 12.8 Å². The van der Waals surface area contributed by atoms with Crippen LogP contribution in [0.2, 0.25) is 5.02 Å². The second kappa shape index (κ2) is 9.26. The van der Waals surface area contributed by atoms with E-state index in [1.807, 2.05) is 0 Å². The van der Waals surface area contributed by atoms with Crippen LogP contribution in [0.4, 0.5) is 5.69 Å². The number of hydrogen-bond acceptors (Lipinski definition) is 4. The molecule has 0 aromatic heterocycles. The van der Waals surface area contributed by atoms with Crippen molar-refractivity contribution in [3.63, 3.8) is 0 Å². The minimum atomic E-state index is -3.64. The number of nitrogens with one attached hydrogen (secondary N) is 1. The third kappa shape index (κ3) is 6.09. The number of benzene rings is 1. The van der Waals surface area contributed by atoms with Crippen LogP contribution >= 0.6 is 11.6 Å². The van der Waals surface area contributed by atoms with Gasteiger partial charge in [-0.15, -0.1) is 0 Å². The number of piperidine rings is 1. The van der Waals surface area contributed by atoms with Gasteiger partial charge in [0, 0.05) is 11.6 Å². The summed E-state index contributed by atoms with van der Waals surface area (Å²) in [6, 6.07) is 4.18. The van der Waals surface area contributed by atoms with Gasteiger partial charge in [-0.05, 0) is 76.9 Å². The van der Waals surface area contributed by atoms with Gasteiger partial charge in [-0.25, -0.2) is 8.42 Å². The van der Waals surface area contributed by atoms with Crippen molar-refractivity contribution >= 4 is 33.2 Å². The molecule has 0 aliphatic carbocycles. The fraction of sp³-hybridized carbons (Fsp3) is 0.632. The lowest BCUT2D eigenvalue weighted by atomic mass is 9.94. The van der Waals surface area contributed by atoms with Gasteiger partial charge in [-0.2, -0.15) is 0 Å². The number of anilines is 1. The molecule has 1 fully saturated rings. The molecule has 0 spiro atoms. The standard InChI is InChI=1S/C19H30ClN3O3S/c1-14-5-6-17(20)13-18(14)23(27(4,25)26)15(2)19(24)21-10-7-16-8-11-22(3)12-9-16/h5-6,13,15-16H,7-12H2,1-4H3,(H,21,24)/t15-/m0/s1. The second-order valence-electron chi connectivity index (χ2n) is 7.49. The van der Waals surface area contributed by atoms with E-state index < -0.39 is 16.1 Å². The summed E-state index contributed by atoms with van der Waals surface area (Å²) in [5.74, 6) is 0.311. The molecule has 27 heavy (non-hydrogen) atoms. The van der Waals surface area contributed by atoms with E-state index in [4.69, 9.17) is 11.6 Å². The highest BCUT2D eigenvalue weighted by atomic mass is 35.5. The summed E-state index contributed by atoms with van der Waals surface area (Å²) >= 11 is 6.05. The molecule has 1 heterocycles. The second-order valence-corrected chi connectivity index (χ2v) is 9.79. The van der Waals surface area contributed by atoms with Crippen LogP contribution < -0.4 is 9.62 Å². The molecule has 1 aromatic carbocycles. The van der Waals surface area contributed by atoms with Gasteiger partial charge in [0.15, 0.2) is 0 Å². The topological polar surface area (TPSA) is 69.7 Å². The molecule has 2 rings (SSSR count). The summed E-state index contributed by atoms with van der Waals surface area (Å²) in [4.78, 5) is 14.9. The molecule has 1 saturated heterocycles. The van der Waals surface area contributed by atoms with Gasteiger partial charge in [0.1, 0.15) is 6.04 Å². The molecule has 0 radical (unpaired) electrons. The number of likely N-dealkylation sites (tertiary alicyclic amines) is 1. The van der Waals surface area contributed by atoms with Crippen LogP contribution in [-0.2, 0) is 14.8 Å². The first-order valence-corrected chi connectivity index (χ1v) is 11.5. The van der Waals surface area contributed by atoms with Gasteiger partial charge in [-0.1, -0.05) is 17.7 Å². The minimum absolute atomic E-state index is 0.298. The maximum atomic E-state index is 12.6. The Morgan fingerprint density at radius 3 is 2.59 bits per heavy atom. The van der Waals surface area contributed by atoms with Gasteiger partial charge in [0.25, 0.3) is 0 Å². The average Bonchev–Trinajstić information content (AvgIpc) is 2.58. The summed E-state index contributed by atoms with van der Waals surface area (Å²) in [6.45, 7) is 6.14. The van der Waals surface area contributed by atoms with Crippen LogP contribution in [0.3, 0.4) is 0 Å². The number of rotatable bonds is 7. The summed E-state index contributed by atoms with van der Waals surface area (Å²) in [7, 11) is -1.52. The average molecular weight is 416 g/mol. The fourth-order valence-corrected chi connectivity index (χ4v) is 4.89. The smallest absolute Gasteiger partial charge is 0.243 e. The van der Waals surface area contributed by atoms with Gasteiger partial charge in [-0.3, -0.25) is 9.10 Å². The van der Waals surface area contributed by atoms with Gasteiger partial charge >= 0.3 is 0 Å². The van der Waals surface area contributed by atoms with Crippen LogP contribution in [0.1, 0.15) is 31.7 Å². The van der Waals surface area contributed by atoms with E-state index in [0.717, 1.165) is 48.5 Å². The Labute approximate surface area is 167 Å². The molecule has 6 nitrogen and oxygen atoms in total. The highest BCUT2D eigenvalue weighted by molar-refractivity contribution is 7.92. The van der Waals surface area contributed by atoms with Crippen LogP contribution in [0.25, 0.3) is 0 Å². The van der Waals surface area contributed by atoms with Crippen molar-refractivity contribution < 1.29 is 13.2 Å². The lowest BCUT2D eigenvalue weighted by molar-refractivity contribution is -0.121. The highest BCUT2D eigenvalue weighted by Crippen LogP contribution is 2.28. The predicted octanol–water partition coefficient (Wildman–Crippen LogP) is 2.65. The monoisotopic (exact) mass is 415 g/mol. The molecular formula is C19H30ClN3O3S. The molecule has 1 aromatic rings. The lowest BCUT2D eigenvalue weighted by Gasteiger charge is -2.30. The van der Waals surface area contributed by atoms with E-state index in [-0.39, 0.29) is 5.91 Å². The van der Waals surface area contributed by atoms with Crippen molar-refractivity contribution in [3.05, 3.63) is 28.8 Å². The molecular weight excluding hydrogens is 386 g/mol. The predicted molar refractivity (Wildman–Crippen MR) is 111 cm³/mol. The maximum Gasteiger partial charge on any atom is 0.243 e. The molecule has 1 amide bonds. The van der Waals surface area contributed by atoms with Crippen molar-refractivity contribution in [2.45, 2.75) is 39.2 Å². The van der Waals surface area contributed by atoms with E-state index in [0.29, 0.717) is 23.2 Å². The van der Waals surface area contributed by atoms with Crippen molar-refractivity contribution in [1.29, 1.82) is 0 Å². The summed E-state index contributed by atoms with van der Waals surface area (Å²) in [6.07, 6.45) is 4.30. The molecule has 0 unspecified atom stereocenters. The van der Waals surface area contributed by atoms with E-state index >= 15 is 0 Å². The van der Waals surface area contributed by atoms with Crippen molar-refractivity contribution in [1.82, 2.24) is 10.2 Å². The van der Waals surface area contributed by atoms with E-state index in [1.165, 1.54) is 0 Å². The van der Waals surface area contributed by atoms with Crippen LogP contribution in [-0.4, -0.2) is 58.2 Å². The Morgan fingerprint density at radius 1 is 1.37 bits per heavy atom. The Hall–Kier alpha value is -1.31. The SMILES string of the molecule is Cc1ccc(Cl)cc1N([C@@H](C)C(=O)NCCC1CCN(C)CC1)S(C)(=O)=O. The van der Waals surface area contributed by atoms with E-state index in [1.54, 1.807) is 32.0 Å². The van der Waals surface area contributed by atoms with Gasteiger partial charge < -0.3 is 10.2 Å². The molecule has 1 aliphatic heterocycles. The highest BCUT2D eigenvalue weighted by Gasteiger charge is 2.30. The number of nitrogens with zero attached hydrogens (tertiary/aromatic N) is 2. The Kier molecular flexibility index (Phi) is 7.54. The molecule has 8 heteroatoms. The largest absolute Gasteiger partial charge is 0.354 e. The van der Waals surface area contributed by atoms with E-state index in [9.17, 15) is 13.2 Å². The first kappa shape index (κ1) is 22.0. The molecule has 1 aliphatic rings. The number of carbonyl (C=O) groups is 1. The summed E-state index contributed by atoms with van der Waals surface area (Å²) in [5, 5.41) is 3.34. The molecule has 1 atom stereocenters. The molecule has 0 saturated carbocycles. The maximum absolute atomic E-state index is 12.6. The first-order valence-electron chi connectivity index (χ1n) is 9.31. The third-order valence-electron chi connectivity index (χ3n) is 5.19. The van der Waals surface area contributed by atoms with Crippen LogP contribution in [0.5, 0.6) is 0 Å². The minimum Gasteiger partial charge on any atom is -0.354 e. The number of aryl methyl sites for hydroxylation is 1. The number of halogens is 1. The third-order valence-corrected chi connectivity index (χ3v) is 6.65. The van der Waals surface area contributed by atoms with Crippen molar-refractivity contribution in [2.75, 3.05) is 37.2 Å². The molecule has 0 bridgehead atoms. The van der Waals surface area contributed by atoms with Crippen LogP contribution in [0.15, 0.2) is 18.2 Å². The van der Waals surface area contributed by atoms with Crippen molar-refractivity contribution in [2.24, 2.45) is 5.92 Å². The summed E-state index contributed by atoms with van der Waals surface area (Å²) < 4.78 is 25.9. The molecule has 1 N–H and O–H groups in total. The van der Waals surface area contributed by atoms with Gasteiger partial charge in [0.05, 0.1) is 11.9 Å². The lowest BCUT2D eigenvalue weighted by Crippen LogP contribution is -2.48. The zero-order chi connectivity index (χ0) is 20.2. The quantitative estimate of drug-likeness (QED) is 0.743. The Bertz CT molecular complexity index is 761. The number of sulfonamides is 1. The number of amides is 1. The Morgan fingerprint density at radius 2 is 2.00 bits per heavy atom. The first-order chi connectivity index (χ1) is 12.6.